The number of hydrogen-bond donors (Lipinski definition) is 2. The van der Waals surface area contributed by atoms with Crippen molar-refractivity contribution in [1.82, 2.24) is 5.32 Å². The van der Waals surface area contributed by atoms with E-state index in [1.54, 1.807) is 0 Å². The molecule has 11 heteroatoms. The van der Waals surface area contributed by atoms with Gasteiger partial charge in [0, 0.05) is 22.8 Å². The van der Waals surface area contributed by atoms with Crippen molar-refractivity contribution in [1.29, 1.82) is 0 Å². The van der Waals surface area contributed by atoms with Gasteiger partial charge in [-0.1, -0.05) is 93.0 Å². The van der Waals surface area contributed by atoms with E-state index >= 15 is 8.78 Å². The molecule has 0 aliphatic carbocycles. The van der Waals surface area contributed by atoms with E-state index in [2.05, 4.69) is 5.32 Å². The largest absolute Gasteiger partial charge is 0.494 e. The average molecular weight is 679 g/mol. The predicted molar refractivity (Wildman–Crippen MR) is 178 cm³/mol. The highest BCUT2D eigenvalue weighted by Gasteiger charge is 2.60. The monoisotopic (exact) mass is 678 g/mol. The van der Waals surface area contributed by atoms with Crippen LogP contribution in [0.5, 0.6) is 11.5 Å². The first-order valence-corrected chi connectivity index (χ1v) is 15.6. The zero-order valence-corrected chi connectivity index (χ0v) is 28.0. The number of halogens is 3. The standard InChI is InChI=1S/C37H37ClF2N2O6/c1-36(2,3)34(42-35(44)46-5)37(22-14-10-7-11-15-22)24(20-47-19-21-12-8-6-9-13-21)29-27(48-37)18-25(39)31(38)30(29)28-23(33(41)43)16-17-26(45-4)32(28)40/h6-18,24,34H,19-20H2,1-5H3,(H2,41,43)(H,42,44). The molecule has 0 aromatic heterocycles. The molecule has 4 aromatic carbocycles. The summed E-state index contributed by atoms with van der Waals surface area (Å²) in [5, 5.41) is 2.51. The van der Waals surface area contributed by atoms with Crippen molar-refractivity contribution >= 4 is 23.6 Å². The van der Waals surface area contributed by atoms with Crippen molar-refractivity contribution in [3.63, 3.8) is 0 Å². The molecule has 0 fully saturated rings. The Bertz CT molecular complexity index is 1820. The predicted octanol–water partition coefficient (Wildman–Crippen LogP) is 7.75. The number of hydrogen-bond acceptors (Lipinski definition) is 6. The summed E-state index contributed by atoms with van der Waals surface area (Å²) in [4.78, 5) is 25.8. The van der Waals surface area contributed by atoms with Crippen LogP contribution in [0, 0.1) is 17.0 Å². The molecule has 0 radical (unpaired) electrons. The van der Waals surface area contributed by atoms with Gasteiger partial charge in [0.1, 0.15) is 11.6 Å². The van der Waals surface area contributed by atoms with Gasteiger partial charge in [-0.25, -0.2) is 13.6 Å². The van der Waals surface area contributed by atoms with E-state index in [9.17, 15) is 9.59 Å². The van der Waals surface area contributed by atoms with Crippen molar-refractivity contribution < 1.29 is 37.3 Å². The zero-order valence-electron chi connectivity index (χ0n) is 27.2. The SMILES string of the molecule is COC(=O)NC(C(C)(C)C)C1(c2ccccc2)Oc2cc(F)c(Cl)c(-c3c(C(N)=O)ccc(OC)c3F)c2C1COCc1ccccc1. The van der Waals surface area contributed by atoms with Gasteiger partial charge in [0.05, 0.1) is 50.0 Å². The highest BCUT2D eigenvalue weighted by Crippen LogP contribution is 2.59. The minimum absolute atomic E-state index is 0.0163. The van der Waals surface area contributed by atoms with Crippen molar-refractivity contribution in [2.75, 3.05) is 20.8 Å². The van der Waals surface area contributed by atoms with Crippen molar-refractivity contribution in [3.8, 4) is 22.6 Å². The van der Waals surface area contributed by atoms with Gasteiger partial charge in [-0.05, 0) is 28.7 Å². The maximum atomic E-state index is 16.4. The summed E-state index contributed by atoms with van der Waals surface area (Å²) < 4.78 is 55.9. The number of rotatable bonds is 10. The van der Waals surface area contributed by atoms with E-state index in [1.165, 1.54) is 26.4 Å². The summed E-state index contributed by atoms with van der Waals surface area (Å²) in [6.07, 6.45) is -0.729. The Morgan fingerprint density at radius 1 is 1.00 bits per heavy atom. The number of carbonyl (C=O) groups is 2. The first kappa shape index (κ1) is 34.7. The van der Waals surface area contributed by atoms with Gasteiger partial charge in [0.15, 0.2) is 17.2 Å². The van der Waals surface area contributed by atoms with Crippen LogP contribution in [0.4, 0.5) is 13.6 Å². The highest BCUT2D eigenvalue weighted by atomic mass is 35.5. The van der Waals surface area contributed by atoms with Crippen LogP contribution in [0.3, 0.4) is 0 Å². The summed E-state index contributed by atoms with van der Waals surface area (Å²) in [6, 6.07) is 21.4. The number of methoxy groups -OCH3 is 2. The summed E-state index contributed by atoms with van der Waals surface area (Å²) in [7, 11) is 2.51. The number of alkyl carbamates (subject to hydrolysis) is 1. The second-order valence-corrected chi connectivity index (χ2v) is 13.0. The maximum Gasteiger partial charge on any atom is 0.407 e. The Hall–Kier alpha value is -4.67. The summed E-state index contributed by atoms with van der Waals surface area (Å²) in [6.45, 7) is 5.85. The molecule has 0 bridgehead atoms. The lowest BCUT2D eigenvalue weighted by Crippen LogP contribution is -2.61. The van der Waals surface area contributed by atoms with Crippen molar-refractivity contribution in [2.24, 2.45) is 11.1 Å². The maximum absolute atomic E-state index is 16.4. The molecule has 3 unspecified atom stereocenters. The van der Waals surface area contributed by atoms with E-state index in [4.69, 9.17) is 36.3 Å². The average Bonchev–Trinajstić information content (AvgIpc) is 3.38. The minimum atomic E-state index is -1.51. The molecule has 8 nitrogen and oxygen atoms in total. The van der Waals surface area contributed by atoms with Crippen molar-refractivity contribution in [3.05, 3.63) is 118 Å². The topological polar surface area (TPSA) is 109 Å². The molecule has 0 saturated heterocycles. The Morgan fingerprint density at radius 2 is 1.65 bits per heavy atom. The summed E-state index contributed by atoms with van der Waals surface area (Å²) >= 11 is 6.75. The summed E-state index contributed by atoms with van der Waals surface area (Å²) in [5.74, 6) is -3.95. The van der Waals surface area contributed by atoms with Crippen LogP contribution in [0.15, 0.2) is 78.9 Å². The molecule has 1 aliphatic heterocycles. The number of ether oxygens (including phenoxy) is 4. The van der Waals surface area contributed by atoms with Crippen LogP contribution >= 0.6 is 11.6 Å². The van der Waals surface area contributed by atoms with Crippen LogP contribution in [-0.2, 0) is 21.7 Å². The molecule has 1 aliphatic rings. The lowest BCUT2D eigenvalue weighted by atomic mass is 9.66. The van der Waals surface area contributed by atoms with Gasteiger partial charge in [-0.15, -0.1) is 0 Å². The van der Waals surface area contributed by atoms with Crippen LogP contribution in [0.1, 0.15) is 53.7 Å². The minimum Gasteiger partial charge on any atom is -0.494 e. The van der Waals surface area contributed by atoms with E-state index in [-0.39, 0.29) is 47.0 Å². The zero-order chi connectivity index (χ0) is 34.8. The smallest absolute Gasteiger partial charge is 0.407 e. The molecular formula is C37H37ClF2N2O6. The fourth-order valence-electron chi connectivity index (χ4n) is 6.53. The summed E-state index contributed by atoms with van der Waals surface area (Å²) in [5.41, 5.74) is 4.51. The third kappa shape index (κ3) is 6.30. The molecule has 1 heterocycles. The van der Waals surface area contributed by atoms with E-state index < -0.39 is 51.6 Å². The van der Waals surface area contributed by atoms with Crippen LogP contribution in [0.25, 0.3) is 11.1 Å². The molecule has 3 N–H and O–H groups in total. The second-order valence-electron chi connectivity index (χ2n) is 12.6. The van der Waals surface area contributed by atoms with Gasteiger partial charge >= 0.3 is 6.09 Å². The number of fused-ring (bicyclic) bond motifs is 1. The van der Waals surface area contributed by atoms with E-state index in [1.807, 2.05) is 81.4 Å². The molecule has 252 valence electrons. The van der Waals surface area contributed by atoms with Gasteiger partial charge in [-0.3, -0.25) is 4.79 Å². The highest BCUT2D eigenvalue weighted by molar-refractivity contribution is 6.34. The molecular weight excluding hydrogens is 642 g/mol. The number of amides is 2. The molecule has 0 spiro atoms. The number of nitrogens with one attached hydrogen (secondary N) is 1. The van der Waals surface area contributed by atoms with E-state index in [0.29, 0.717) is 5.56 Å². The fourth-order valence-corrected chi connectivity index (χ4v) is 6.78. The van der Waals surface area contributed by atoms with Gasteiger partial charge in [0.2, 0.25) is 5.91 Å². The van der Waals surface area contributed by atoms with Crippen LogP contribution < -0.4 is 20.5 Å². The number of primary amides is 1. The van der Waals surface area contributed by atoms with Gasteiger partial charge in [-0.2, -0.15) is 0 Å². The van der Waals surface area contributed by atoms with Crippen LogP contribution in [0.2, 0.25) is 5.02 Å². The Balaban J connectivity index is 1.87. The molecule has 5 rings (SSSR count). The Labute approximate surface area is 283 Å². The first-order valence-electron chi connectivity index (χ1n) is 15.2. The molecule has 3 atom stereocenters. The van der Waals surface area contributed by atoms with Gasteiger partial charge < -0.3 is 30.0 Å². The number of benzene rings is 4. The lowest BCUT2D eigenvalue weighted by Gasteiger charge is -2.47. The van der Waals surface area contributed by atoms with E-state index in [0.717, 1.165) is 11.6 Å². The normalized spacial score (nSPS) is 17.6. The first-order chi connectivity index (χ1) is 22.8. The molecule has 0 saturated carbocycles. The third-order valence-electron chi connectivity index (χ3n) is 8.57. The quantitative estimate of drug-likeness (QED) is 0.178. The molecule has 2 amide bonds. The van der Waals surface area contributed by atoms with Crippen molar-refractivity contribution in [2.45, 2.75) is 44.9 Å². The molecule has 4 aromatic rings. The Kier molecular flexibility index (Phi) is 9.98. The number of carbonyl (C=O) groups excluding carboxylic acids is 2. The lowest BCUT2D eigenvalue weighted by molar-refractivity contribution is -0.0433. The second kappa shape index (κ2) is 13.8. The van der Waals surface area contributed by atoms with Gasteiger partial charge in [0.25, 0.3) is 0 Å². The molecule has 48 heavy (non-hydrogen) atoms. The van der Waals surface area contributed by atoms with Crippen LogP contribution in [-0.4, -0.2) is 38.9 Å². The fraction of sp³-hybridized carbons (Fsp3) is 0.297. The Morgan fingerprint density at radius 3 is 2.23 bits per heavy atom. The number of nitrogens with two attached hydrogens (primary N) is 1. The third-order valence-corrected chi connectivity index (χ3v) is 8.94.